The number of nitrogens with zero attached hydrogens (tertiary/aromatic N) is 1. The summed E-state index contributed by atoms with van der Waals surface area (Å²) >= 11 is 0. The maximum absolute atomic E-state index is 11.5. The molecule has 0 saturated carbocycles. The van der Waals surface area contributed by atoms with Crippen LogP contribution in [0.3, 0.4) is 0 Å². The fourth-order valence-electron chi connectivity index (χ4n) is 1.26. The van der Waals surface area contributed by atoms with Crippen LogP contribution < -0.4 is 16.2 Å². The van der Waals surface area contributed by atoms with Crippen LogP contribution in [0.2, 0.25) is 0 Å². The standard InChI is InChI=1S/C10H12N4O/c15-10(9-11-6-7-12-9)14-13-8-4-2-1-3-5-8/h1-5,13H,6-7H2,(H,11,12)(H,14,15). The lowest BCUT2D eigenvalue weighted by molar-refractivity contribution is -0.114. The van der Waals surface area contributed by atoms with Crippen molar-refractivity contribution in [1.82, 2.24) is 10.7 Å². The molecule has 0 unspecified atom stereocenters. The number of aliphatic imine (C=N–C) groups is 1. The zero-order valence-electron chi connectivity index (χ0n) is 8.16. The summed E-state index contributed by atoms with van der Waals surface area (Å²) in [4.78, 5) is 15.5. The van der Waals surface area contributed by atoms with Gasteiger partial charge in [0.2, 0.25) is 0 Å². The quantitative estimate of drug-likeness (QED) is 0.613. The van der Waals surface area contributed by atoms with Crippen LogP contribution in [0.15, 0.2) is 35.3 Å². The number of anilines is 1. The molecule has 1 aromatic carbocycles. The molecule has 2 rings (SSSR count). The van der Waals surface area contributed by atoms with Crippen molar-refractivity contribution in [2.75, 3.05) is 18.5 Å². The Kier molecular flexibility index (Phi) is 2.82. The predicted octanol–water partition coefficient (Wildman–Crippen LogP) is 0.131. The van der Waals surface area contributed by atoms with Crippen LogP contribution in [0.1, 0.15) is 0 Å². The number of rotatable bonds is 3. The first-order chi connectivity index (χ1) is 7.36. The highest BCUT2D eigenvalue weighted by Crippen LogP contribution is 2.02. The highest BCUT2D eigenvalue weighted by Gasteiger charge is 2.13. The van der Waals surface area contributed by atoms with E-state index < -0.39 is 0 Å². The third-order valence-corrected chi connectivity index (χ3v) is 1.98. The lowest BCUT2D eigenvalue weighted by Crippen LogP contribution is -2.40. The molecule has 0 radical (unpaired) electrons. The van der Waals surface area contributed by atoms with Gasteiger partial charge in [-0.05, 0) is 12.1 Å². The van der Waals surface area contributed by atoms with Gasteiger partial charge in [0.1, 0.15) is 0 Å². The third-order valence-electron chi connectivity index (χ3n) is 1.98. The summed E-state index contributed by atoms with van der Waals surface area (Å²) in [5.74, 6) is 0.148. The van der Waals surface area contributed by atoms with Crippen LogP contribution in [-0.4, -0.2) is 24.8 Å². The first kappa shape index (κ1) is 9.51. The van der Waals surface area contributed by atoms with Gasteiger partial charge in [-0.2, -0.15) is 0 Å². The lowest BCUT2D eigenvalue weighted by atomic mass is 10.3. The summed E-state index contributed by atoms with van der Waals surface area (Å²) in [7, 11) is 0. The Balaban J connectivity index is 1.86. The third kappa shape index (κ3) is 2.46. The number of amidine groups is 1. The Morgan fingerprint density at radius 2 is 2.13 bits per heavy atom. The number of hydrogen-bond donors (Lipinski definition) is 3. The first-order valence-electron chi connectivity index (χ1n) is 4.76. The molecule has 5 nitrogen and oxygen atoms in total. The minimum absolute atomic E-state index is 0.239. The average molecular weight is 204 g/mol. The Morgan fingerprint density at radius 3 is 2.80 bits per heavy atom. The van der Waals surface area contributed by atoms with Gasteiger partial charge in [-0.1, -0.05) is 18.2 Å². The minimum Gasteiger partial charge on any atom is -0.364 e. The zero-order valence-corrected chi connectivity index (χ0v) is 8.16. The van der Waals surface area contributed by atoms with Crippen LogP contribution >= 0.6 is 0 Å². The van der Waals surface area contributed by atoms with E-state index in [1.165, 1.54) is 0 Å². The Labute approximate surface area is 87.6 Å². The molecule has 0 aliphatic carbocycles. The van der Waals surface area contributed by atoms with E-state index in [9.17, 15) is 4.79 Å². The van der Waals surface area contributed by atoms with Crippen LogP contribution in [-0.2, 0) is 4.79 Å². The molecule has 0 bridgehead atoms. The van der Waals surface area contributed by atoms with Gasteiger partial charge in [0, 0.05) is 6.54 Å². The normalized spacial score (nSPS) is 14.0. The maximum atomic E-state index is 11.5. The number of nitrogens with one attached hydrogen (secondary N) is 3. The van der Waals surface area contributed by atoms with Crippen LogP contribution in [0.5, 0.6) is 0 Å². The largest absolute Gasteiger partial charge is 0.364 e. The second kappa shape index (κ2) is 4.45. The van der Waals surface area contributed by atoms with Crippen LogP contribution in [0.4, 0.5) is 5.69 Å². The molecule has 3 N–H and O–H groups in total. The van der Waals surface area contributed by atoms with Gasteiger partial charge in [-0.15, -0.1) is 0 Å². The number of carbonyl (C=O) groups excluding carboxylic acids is 1. The summed E-state index contributed by atoms with van der Waals surface area (Å²) in [5, 5.41) is 2.89. The molecule has 1 aromatic rings. The highest BCUT2D eigenvalue weighted by atomic mass is 16.2. The van der Waals surface area contributed by atoms with Crippen molar-refractivity contribution in [2.45, 2.75) is 0 Å². The van der Waals surface area contributed by atoms with Crippen LogP contribution in [0, 0.1) is 0 Å². The summed E-state index contributed by atoms with van der Waals surface area (Å²) < 4.78 is 0. The second-order valence-electron chi connectivity index (χ2n) is 3.10. The fraction of sp³-hybridized carbons (Fsp3) is 0.200. The van der Waals surface area contributed by atoms with E-state index in [0.29, 0.717) is 12.4 Å². The molecule has 0 fully saturated rings. The van der Waals surface area contributed by atoms with E-state index >= 15 is 0 Å². The van der Waals surface area contributed by atoms with Crippen molar-refractivity contribution in [3.63, 3.8) is 0 Å². The van der Waals surface area contributed by atoms with Crippen molar-refractivity contribution in [2.24, 2.45) is 4.99 Å². The van der Waals surface area contributed by atoms with E-state index in [1.54, 1.807) is 0 Å². The molecule has 1 amide bonds. The minimum atomic E-state index is -0.239. The van der Waals surface area contributed by atoms with Crippen molar-refractivity contribution in [3.8, 4) is 0 Å². The molecular weight excluding hydrogens is 192 g/mol. The molecule has 78 valence electrons. The van der Waals surface area contributed by atoms with E-state index in [-0.39, 0.29) is 5.91 Å². The molecule has 5 heteroatoms. The first-order valence-corrected chi connectivity index (χ1v) is 4.76. The Bertz CT molecular complexity index is 374. The number of para-hydroxylation sites is 1. The van der Waals surface area contributed by atoms with Gasteiger partial charge in [0.05, 0.1) is 12.2 Å². The monoisotopic (exact) mass is 204 g/mol. The van der Waals surface area contributed by atoms with Gasteiger partial charge >= 0.3 is 5.91 Å². The molecule has 0 spiro atoms. The Morgan fingerprint density at radius 1 is 1.33 bits per heavy atom. The molecule has 1 aliphatic heterocycles. The number of benzene rings is 1. The van der Waals surface area contributed by atoms with Crippen molar-refractivity contribution < 1.29 is 4.79 Å². The Hall–Kier alpha value is -2.04. The lowest BCUT2D eigenvalue weighted by Gasteiger charge is -2.07. The molecule has 1 aliphatic rings. The molecular formula is C10H12N4O. The molecule has 15 heavy (non-hydrogen) atoms. The fourth-order valence-corrected chi connectivity index (χ4v) is 1.26. The number of carbonyl (C=O) groups is 1. The summed E-state index contributed by atoms with van der Waals surface area (Å²) in [6, 6.07) is 9.42. The van der Waals surface area contributed by atoms with E-state index in [4.69, 9.17) is 0 Å². The number of hydrogen-bond acceptors (Lipinski definition) is 4. The molecule has 0 saturated heterocycles. The van der Waals surface area contributed by atoms with Crippen molar-refractivity contribution in [3.05, 3.63) is 30.3 Å². The summed E-state index contributed by atoms with van der Waals surface area (Å²) in [6.45, 7) is 1.39. The van der Waals surface area contributed by atoms with E-state index in [0.717, 1.165) is 12.2 Å². The van der Waals surface area contributed by atoms with Crippen molar-refractivity contribution >= 4 is 17.4 Å². The van der Waals surface area contributed by atoms with Gasteiger partial charge in [-0.3, -0.25) is 20.6 Å². The average Bonchev–Trinajstić information content (AvgIpc) is 2.81. The van der Waals surface area contributed by atoms with Crippen molar-refractivity contribution in [1.29, 1.82) is 0 Å². The summed E-state index contributed by atoms with van der Waals surface area (Å²) in [6.07, 6.45) is 0. The smallest absolute Gasteiger partial charge is 0.304 e. The zero-order chi connectivity index (χ0) is 10.5. The van der Waals surface area contributed by atoms with Gasteiger partial charge < -0.3 is 5.32 Å². The molecule has 0 atom stereocenters. The van der Waals surface area contributed by atoms with Gasteiger partial charge in [0.25, 0.3) is 0 Å². The van der Waals surface area contributed by atoms with Gasteiger partial charge in [0.15, 0.2) is 5.84 Å². The van der Waals surface area contributed by atoms with E-state index in [1.807, 2.05) is 30.3 Å². The van der Waals surface area contributed by atoms with Gasteiger partial charge in [-0.25, -0.2) is 0 Å². The summed E-state index contributed by atoms with van der Waals surface area (Å²) in [5.41, 5.74) is 6.20. The maximum Gasteiger partial charge on any atom is 0.304 e. The predicted molar refractivity (Wildman–Crippen MR) is 58.5 cm³/mol. The van der Waals surface area contributed by atoms with Crippen LogP contribution in [0.25, 0.3) is 0 Å². The number of hydrazine groups is 1. The second-order valence-corrected chi connectivity index (χ2v) is 3.10. The SMILES string of the molecule is O=C(NNc1ccccc1)C1=NCCN1. The van der Waals surface area contributed by atoms with E-state index in [2.05, 4.69) is 21.2 Å². The highest BCUT2D eigenvalue weighted by molar-refractivity contribution is 6.38. The molecule has 1 heterocycles. The topological polar surface area (TPSA) is 65.5 Å². The molecule has 0 aromatic heterocycles. The number of amides is 1.